The Kier molecular flexibility index (Phi) is 5.11. The molecule has 3 saturated heterocycles. The lowest BCUT2D eigenvalue weighted by atomic mass is 9.95. The number of methoxy groups -OCH3 is 1. The third-order valence-electron chi connectivity index (χ3n) is 5.92. The zero-order chi connectivity index (χ0) is 18.1. The predicted molar refractivity (Wildman–Crippen MR) is 105 cm³/mol. The largest absolute Gasteiger partial charge is 0.383 e. The van der Waals surface area contributed by atoms with E-state index in [-0.39, 0.29) is 5.43 Å². The molecular formula is C21H29N3O2. The van der Waals surface area contributed by atoms with Gasteiger partial charge in [0.05, 0.1) is 6.61 Å². The Morgan fingerprint density at radius 1 is 1.19 bits per heavy atom. The second-order valence-corrected chi connectivity index (χ2v) is 7.99. The number of benzene rings is 1. The predicted octanol–water partition coefficient (Wildman–Crippen LogP) is 2.38. The zero-order valence-corrected chi connectivity index (χ0v) is 15.8. The van der Waals surface area contributed by atoms with Gasteiger partial charge in [-0.05, 0) is 37.8 Å². The molecule has 3 aliphatic rings. The Hall–Kier alpha value is -1.69. The maximum Gasteiger partial charge on any atom is 0.189 e. The third kappa shape index (κ3) is 3.70. The van der Waals surface area contributed by atoms with Gasteiger partial charge >= 0.3 is 0 Å². The first-order valence-corrected chi connectivity index (χ1v) is 9.70. The molecule has 1 aromatic heterocycles. The summed E-state index contributed by atoms with van der Waals surface area (Å²) in [5.41, 5.74) is 3.21. The van der Waals surface area contributed by atoms with Crippen molar-refractivity contribution in [2.45, 2.75) is 32.4 Å². The molecule has 3 fully saturated rings. The first kappa shape index (κ1) is 17.7. The summed E-state index contributed by atoms with van der Waals surface area (Å²) in [6, 6.07) is 8.45. The van der Waals surface area contributed by atoms with Gasteiger partial charge in [0, 0.05) is 68.5 Å². The molecule has 0 amide bonds. The quantitative estimate of drug-likeness (QED) is 0.895. The smallest absolute Gasteiger partial charge is 0.189 e. The summed E-state index contributed by atoms with van der Waals surface area (Å²) in [6.45, 7) is 8.05. The Balaban J connectivity index is 1.52. The molecule has 5 rings (SSSR count). The Bertz CT molecular complexity index is 832. The molecule has 2 atom stereocenters. The van der Waals surface area contributed by atoms with E-state index in [0.717, 1.165) is 60.9 Å². The Morgan fingerprint density at radius 3 is 2.92 bits per heavy atom. The summed E-state index contributed by atoms with van der Waals surface area (Å²) in [7, 11) is 1.78. The van der Waals surface area contributed by atoms with E-state index in [1.807, 2.05) is 19.1 Å². The molecule has 5 heteroatoms. The number of fused-ring (bicyclic) bond motifs is 5. The van der Waals surface area contributed by atoms with Gasteiger partial charge < -0.3 is 9.72 Å². The van der Waals surface area contributed by atoms with Crippen molar-refractivity contribution >= 4 is 10.9 Å². The minimum absolute atomic E-state index is 0.122. The van der Waals surface area contributed by atoms with Crippen molar-refractivity contribution < 1.29 is 4.74 Å². The standard InChI is InChI=1S/C21H29N3O2/c1-15-3-6-20-19(9-15)21(25)10-17(22-20)13-23-11-16-4-5-18(14-23)24(12-16)7-8-26-2/h3,6,9-10,16,18H,4-5,7-8,11-14H2,1-2H3,(H,22,25)/t16-,18+/m1/s1. The summed E-state index contributed by atoms with van der Waals surface area (Å²) in [5.74, 6) is 0.723. The molecule has 1 aromatic carbocycles. The lowest BCUT2D eigenvalue weighted by Crippen LogP contribution is -2.45. The van der Waals surface area contributed by atoms with Crippen LogP contribution in [-0.4, -0.2) is 60.7 Å². The molecule has 5 nitrogen and oxygen atoms in total. The van der Waals surface area contributed by atoms with E-state index in [4.69, 9.17) is 4.74 Å². The number of piperidine rings is 1. The first-order chi connectivity index (χ1) is 12.6. The molecule has 26 heavy (non-hydrogen) atoms. The van der Waals surface area contributed by atoms with Crippen LogP contribution in [0.2, 0.25) is 0 Å². The van der Waals surface area contributed by atoms with E-state index in [1.165, 1.54) is 19.4 Å². The van der Waals surface area contributed by atoms with Crippen LogP contribution in [-0.2, 0) is 11.3 Å². The average Bonchev–Trinajstić information content (AvgIpc) is 2.91. The van der Waals surface area contributed by atoms with E-state index < -0.39 is 0 Å². The van der Waals surface area contributed by atoms with Crippen molar-refractivity contribution in [3.8, 4) is 0 Å². The van der Waals surface area contributed by atoms with Crippen molar-refractivity contribution in [2.75, 3.05) is 39.9 Å². The Labute approximate surface area is 154 Å². The molecule has 4 heterocycles. The molecule has 0 saturated carbocycles. The number of ether oxygens (including phenoxy) is 1. The highest BCUT2D eigenvalue weighted by molar-refractivity contribution is 5.79. The molecule has 0 aliphatic carbocycles. The summed E-state index contributed by atoms with van der Waals surface area (Å²) in [6.07, 6.45) is 2.59. The molecular weight excluding hydrogens is 326 g/mol. The molecule has 140 valence electrons. The number of nitrogens with zero attached hydrogens (tertiary/aromatic N) is 2. The third-order valence-corrected chi connectivity index (χ3v) is 5.92. The SMILES string of the molecule is COCCN1C[C@@H]2CC[C@H]1CN(Cc1cc(=O)c3cc(C)ccc3[nH]1)C2. The van der Waals surface area contributed by atoms with Gasteiger partial charge in [-0.25, -0.2) is 0 Å². The van der Waals surface area contributed by atoms with Crippen LogP contribution in [0.3, 0.4) is 0 Å². The van der Waals surface area contributed by atoms with E-state index in [1.54, 1.807) is 13.2 Å². The van der Waals surface area contributed by atoms with Gasteiger partial charge in [-0.1, -0.05) is 11.6 Å². The van der Waals surface area contributed by atoms with Crippen molar-refractivity contribution in [3.05, 3.63) is 45.7 Å². The number of nitrogens with one attached hydrogen (secondary N) is 1. The second kappa shape index (κ2) is 7.51. The van der Waals surface area contributed by atoms with Crippen molar-refractivity contribution in [3.63, 3.8) is 0 Å². The van der Waals surface area contributed by atoms with Crippen molar-refractivity contribution in [1.29, 1.82) is 0 Å². The van der Waals surface area contributed by atoms with Gasteiger partial charge in [0.25, 0.3) is 0 Å². The van der Waals surface area contributed by atoms with Crippen LogP contribution in [0.1, 0.15) is 24.1 Å². The summed E-state index contributed by atoms with van der Waals surface area (Å²) < 4.78 is 5.28. The van der Waals surface area contributed by atoms with Gasteiger partial charge in [-0.15, -0.1) is 0 Å². The van der Waals surface area contributed by atoms with Gasteiger partial charge in [-0.3, -0.25) is 14.6 Å². The van der Waals surface area contributed by atoms with E-state index >= 15 is 0 Å². The van der Waals surface area contributed by atoms with Crippen molar-refractivity contribution in [1.82, 2.24) is 14.8 Å². The molecule has 0 spiro atoms. The molecule has 3 aliphatic heterocycles. The second-order valence-electron chi connectivity index (χ2n) is 7.99. The fraction of sp³-hybridized carbons (Fsp3) is 0.571. The summed E-state index contributed by atoms with van der Waals surface area (Å²) in [5, 5.41) is 0.787. The van der Waals surface area contributed by atoms with E-state index in [0.29, 0.717) is 6.04 Å². The van der Waals surface area contributed by atoms with Crippen LogP contribution < -0.4 is 5.43 Å². The number of aromatic nitrogens is 1. The lowest BCUT2D eigenvalue weighted by molar-refractivity contribution is 0.0867. The minimum atomic E-state index is 0.122. The monoisotopic (exact) mass is 355 g/mol. The van der Waals surface area contributed by atoms with Gasteiger partial charge in [-0.2, -0.15) is 0 Å². The zero-order valence-electron chi connectivity index (χ0n) is 15.8. The van der Waals surface area contributed by atoms with Crippen molar-refractivity contribution in [2.24, 2.45) is 5.92 Å². The highest BCUT2D eigenvalue weighted by atomic mass is 16.5. The number of aromatic amines is 1. The number of H-pyrrole nitrogens is 1. The van der Waals surface area contributed by atoms with Gasteiger partial charge in [0.1, 0.15) is 0 Å². The average molecular weight is 355 g/mol. The van der Waals surface area contributed by atoms with Gasteiger partial charge in [0.2, 0.25) is 0 Å². The first-order valence-electron chi connectivity index (χ1n) is 9.70. The highest BCUT2D eigenvalue weighted by Crippen LogP contribution is 2.28. The number of pyridine rings is 1. The van der Waals surface area contributed by atoms with Crippen LogP contribution in [0.4, 0.5) is 0 Å². The van der Waals surface area contributed by atoms with Crippen LogP contribution >= 0.6 is 0 Å². The number of hydrogen-bond donors (Lipinski definition) is 1. The molecule has 2 aromatic rings. The summed E-state index contributed by atoms with van der Waals surface area (Å²) in [4.78, 5) is 21.1. The van der Waals surface area contributed by atoms with E-state index in [9.17, 15) is 4.79 Å². The Morgan fingerprint density at radius 2 is 2.08 bits per heavy atom. The maximum atomic E-state index is 12.5. The number of aryl methyl sites for hydroxylation is 1. The van der Waals surface area contributed by atoms with Crippen LogP contribution in [0, 0.1) is 12.8 Å². The van der Waals surface area contributed by atoms with Gasteiger partial charge in [0.15, 0.2) is 5.43 Å². The molecule has 0 radical (unpaired) electrons. The molecule has 0 unspecified atom stereocenters. The van der Waals surface area contributed by atoms with Crippen LogP contribution in [0.15, 0.2) is 29.1 Å². The minimum Gasteiger partial charge on any atom is -0.383 e. The maximum absolute atomic E-state index is 12.5. The fourth-order valence-electron chi connectivity index (χ4n) is 4.63. The summed E-state index contributed by atoms with van der Waals surface area (Å²) >= 11 is 0. The van der Waals surface area contributed by atoms with Crippen LogP contribution in [0.5, 0.6) is 0 Å². The molecule has 2 bridgehead atoms. The lowest BCUT2D eigenvalue weighted by Gasteiger charge is -2.35. The highest BCUT2D eigenvalue weighted by Gasteiger charge is 2.34. The van der Waals surface area contributed by atoms with E-state index in [2.05, 4.69) is 20.9 Å². The number of hydrogen-bond acceptors (Lipinski definition) is 4. The molecule has 1 N–H and O–H groups in total. The van der Waals surface area contributed by atoms with Crippen LogP contribution in [0.25, 0.3) is 10.9 Å². The normalized spacial score (nSPS) is 24.2. The fourth-order valence-corrected chi connectivity index (χ4v) is 4.63. The number of rotatable bonds is 5. The topological polar surface area (TPSA) is 48.6 Å².